The molecule has 0 unspecified atom stereocenters. The molecule has 94 heavy (non-hydrogen) atoms. The van der Waals surface area contributed by atoms with E-state index in [1.807, 2.05) is 132 Å². The number of halogens is 2. The van der Waals surface area contributed by atoms with Crippen molar-refractivity contribution in [1.82, 2.24) is 48.3 Å². The Morgan fingerprint density at radius 3 is 1.56 bits per heavy atom. The zero-order chi connectivity index (χ0) is 65.1. The minimum Gasteiger partial charge on any atom is -0.493 e. The number of ether oxygens (including phenoxy) is 6. The third-order valence-corrected chi connectivity index (χ3v) is 20.8. The van der Waals surface area contributed by atoms with Crippen molar-refractivity contribution < 1.29 is 38.0 Å². The molecule has 0 aliphatic carbocycles. The lowest BCUT2D eigenvalue weighted by Crippen LogP contribution is -2.17. The van der Waals surface area contributed by atoms with Crippen LogP contribution in [0.2, 0.25) is 10.0 Å². The van der Waals surface area contributed by atoms with Gasteiger partial charge in [0.1, 0.15) is 29.5 Å². The molecule has 0 radical (unpaired) electrons. The molecule has 0 saturated heterocycles. The van der Waals surface area contributed by atoms with Crippen LogP contribution in [0.3, 0.4) is 0 Å². The van der Waals surface area contributed by atoms with Crippen LogP contribution in [0, 0.1) is 13.8 Å². The molecule has 6 aromatic heterocycles. The van der Waals surface area contributed by atoms with Gasteiger partial charge in [0.2, 0.25) is 0 Å². The molecule has 16 bridgehead atoms. The maximum Gasteiger partial charge on any atom is 0.355 e. The first-order chi connectivity index (χ1) is 45.6. The first-order valence-corrected chi connectivity index (χ1v) is 34.0. The van der Waals surface area contributed by atoms with Crippen LogP contribution in [0.15, 0.2) is 119 Å². The number of benzene rings is 6. The fraction of sp³-hybridized carbons (Fsp3) is 0.306. The van der Waals surface area contributed by atoms with Crippen molar-refractivity contribution >= 4 is 102 Å². The minimum atomic E-state index is -0.483. The van der Waals surface area contributed by atoms with E-state index in [1.54, 1.807) is 23.5 Å². The van der Waals surface area contributed by atoms with Crippen molar-refractivity contribution in [3.63, 3.8) is 0 Å². The first-order valence-electron chi connectivity index (χ1n) is 31.3. The summed E-state index contributed by atoms with van der Waals surface area (Å²) in [7, 11) is 11.0. The maximum atomic E-state index is 15.2. The number of carbonyl (C=O) groups is 2. The molecule has 0 saturated carbocycles. The summed E-state index contributed by atoms with van der Waals surface area (Å²) in [5.74, 6) is 1.86. The fourth-order valence-corrected chi connectivity index (χ4v) is 16.0. The van der Waals surface area contributed by atoms with Crippen molar-refractivity contribution in [3.8, 4) is 33.8 Å². The number of aromatic nitrogens is 10. The van der Waals surface area contributed by atoms with Crippen LogP contribution < -0.4 is 9.47 Å². The van der Waals surface area contributed by atoms with E-state index in [0.29, 0.717) is 88.9 Å². The molecule has 482 valence electrons. The number of hydrogen-bond donors (Lipinski definition) is 0. The summed E-state index contributed by atoms with van der Waals surface area (Å²) in [6.07, 6.45) is 2.24. The monoisotopic (exact) mass is 1340 g/mol. The number of aryl methyl sites for hydroxylation is 7. The van der Waals surface area contributed by atoms with E-state index >= 15 is 4.79 Å². The molecular formula is C72H70Cl2N10O8S2. The van der Waals surface area contributed by atoms with Crippen LogP contribution in [0.4, 0.5) is 0 Å². The Labute approximate surface area is 561 Å². The Bertz CT molecular complexity index is 4980. The number of rotatable bonds is 5. The first kappa shape index (κ1) is 62.9. The van der Waals surface area contributed by atoms with E-state index < -0.39 is 11.9 Å². The summed E-state index contributed by atoms with van der Waals surface area (Å²) >= 11 is 18.0. The number of esters is 2. The number of carbonyl (C=O) groups excluding carboxylic acids is 2. The van der Waals surface area contributed by atoms with E-state index in [-0.39, 0.29) is 39.6 Å². The van der Waals surface area contributed by atoms with Gasteiger partial charge in [-0.25, -0.2) is 9.59 Å². The second kappa shape index (κ2) is 26.4. The lowest BCUT2D eigenvalue weighted by atomic mass is 9.98. The summed E-state index contributed by atoms with van der Waals surface area (Å²) in [4.78, 5) is 31.0. The summed E-state index contributed by atoms with van der Waals surface area (Å²) in [5.41, 5.74) is 13.9. The molecule has 14 rings (SSSR count). The van der Waals surface area contributed by atoms with Crippen molar-refractivity contribution in [2.24, 2.45) is 35.2 Å². The molecular weight excluding hydrogens is 1270 g/mol. The Balaban J connectivity index is 0.796. The van der Waals surface area contributed by atoms with Crippen molar-refractivity contribution in [2.45, 2.75) is 93.8 Å². The van der Waals surface area contributed by atoms with Gasteiger partial charge in [0.25, 0.3) is 0 Å². The lowest BCUT2D eigenvalue weighted by Gasteiger charge is -2.14. The molecule has 2 aliphatic heterocycles. The summed E-state index contributed by atoms with van der Waals surface area (Å²) in [5, 5.41) is 26.8. The van der Waals surface area contributed by atoms with Gasteiger partial charge in [-0.2, -0.15) is 20.4 Å². The second-order valence-corrected chi connectivity index (χ2v) is 26.9. The number of hydrogen-bond acceptors (Lipinski definition) is 14. The molecule has 8 heterocycles. The van der Waals surface area contributed by atoms with E-state index in [9.17, 15) is 4.79 Å². The normalized spacial score (nSPS) is 14.4. The Morgan fingerprint density at radius 2 is 1.03 bits per heavy atom. The largest absolute Gasteiger partial charge is 0.493 e. The Morgan fingerprint density at radius 1 is 0.543 bits per heavy atom. The van der Waals surface area contributed by atoms with Gasteiger partial charge in [0.05, 0.1) is 97.2 Å². The average molecular weight is 1340 g/mol. The van der Waals surface area contributed by atoms with Crippen molar-refractivity contribution in [3.05, 3.63) is 187 Å². The van der Waals surface area contributed by atoms with Gasteiger partial charge >= 0.3 is 11.9 Å². The van der Waals surface area contributed by atoms with Gasteiger partial charge in [-0.15, -0.1) is 23.5 Å². The van der Waals surface area contributed by atoms with Crippen molar-refractivity contribution in [1.29, 1.82) is 0 Å². The SMILES string of the molecule is COC(=O)c1c2c3ccc(Cl)c(c3n1C)-c1c(nn(C)c1C)COCc1cc(n(CCOC(=O)c3c4c5ccc(Cl)c(c5n3C)-c3c(nn(C)c3C)COCc3cc(n(C)n3)CSc3cc(c5ccccc5c3)OCCC4)n1)CSc1cc(c3ccccc3c1)OCCC2. The van der Waals surface area contributed by atoms with Gasteiger partial charge in [0, 0.05) is 123 Å². The van der Waals surface area contributed by atoms with E-state index in [2.05, 4.69) is 54.6 Å². The molecule has 0 N–H and O–H groups in total. The molecule has 0 spiro atoms. The molecule has 6 aromatic carbocycles. The summed E-state index contributed by atoms with van der Waals surface area (Å²) in [6, 6.07) is 37.0. The van der Waals surface area contributed by atoms with E-state index in [4.69, 9.17) is 72.0 Å². The third-order valence-electron chi connectivity index (χ3n) is 18.2. The number of nitrogens with zero attached hydrogens (tertiary/aromatic N) is 10. The number of fused-ring (bicyclic) bond motifs is 16. The number of methoxy groups -OCH3 is 1. The van der Waals surface area contributed by atoms with Gasteiger partial charge in [-0.3, -0.25) is 18.7 Å². The highest BCUT2D eigenvalue weighted by atomic mass is 35.5. The zero-order valence-electron chi connectivity index (χ0n) is 53.6. The molecule has 22 heteroatoms. The second-order valence-electron chi connectivity index (χ2n) is 24.0. The average Bonchev–Trinajstić information content (AvgIpc) is 1.89. The molecule has 0 fully saturated rings. The Kier molecular flexibility index (Phi) is 17.6. The Hall–Kier alpha value is -8.50. The minimum absolute atomic E-state index is 0.00790. The van der Waals surface area contributed by atoms with Gasteiger partial charge < -0.3 is 37.6 Å². The standard InChI is InChI=1S/C72H70Cl2N10O8S2/c1-41-63-60(78-81(41)5)38-89-36-46-32-48(40-94-50-30-44-16-10-12-18-52(44)62(34-50)90-26-13-19-53-55-21-23-57(73)65(63)67(55)79(3)69(53)71(85)87-8)84(76-46)25-28-92-72(86)70-54-20-14-27-91-61-33-49(29-43-15-9-11-17-51(43)61)93-39-47-31-45(75-83(47)7)35-88-37-59-64(42(2)82(6)77-59)66-58(74)24-22-56(54)68(66)80(70)4/h9-12,15-18,21-24,29-34H,13-14,19-20,25-28,35-40H2,1-8H3. The van der Waals surface area contributed by atoms with Crippen LogP contribution >= 0.6 is 46.7 Å². The van der Waals surface area contributed by atoms with Crippen LogP contribution in [0.5, 0.6) is 11.5 Å². The molecule has 12 aromatic rings. The lowest BCUT2D eigenvalue weighted by molar-refractivity contribution is 0.0473. The zero-order valence-corrected chi connectivity index (χ0v) is 56.7. The maximum absolute atomic E-state index is 15.2. The topological polar surface area (TPSA) is 171 Å². The highest BCUT2D eigenvalue weighted by Crippen LogP contribution is 2.45. The third kappa shape index (κ3) is 11.8. The predicted molar refractivity (Wildman–Crippen MR) is 368 cm³/mol. The molecule has 2 aliphatic rings. The van der Waals surface area contributed by atoms with Gasteiger partial charge in [-0.05, 0) is 110 Å². The van der Waals surface area contributed by atoms with Crippen LogP contribution in [0.25, 0.3) is 65.6 Å². The molecule has 18 nitrogen and oxygen atoms in total. The molecule has 0 amide bonds. The predicted octanol–water partition coefficient (Wildman–Crippen LogP) is 14.9. The summed E-state index contributed by atoms with van der Waals surface area (Å²) in [6.45, 7) is 5.81. The van der Waals surface area contributed by atoms with Gasteiger partial charge in [-0.1, -0.05) is 83.9 Å². The van der Waals surface area contributed by atoms with Crippen molar-refractivity contribution in [2.75, 3.05) is 26.9 Å². The van der Waals surface area contributed by atoms with E-state index in [1.165, 1.54) is 7.11 Å². The van der Waals surface area contributed by atoms with Crippen LogP contribution in [-0.2, 0) is 112 Å². The highest BCUT2D eigenvalue weighted by molar-refractivity contribution is 7.98. The quantitative estimate of drug-likeness (QED) is 0.149. The fourth-order valence-electron chi connectivity index (χ4n) is 13.6. The summed E-state index contributed by atoms with van der Waals surface area (Å²) < 4.78 is 49.6. The number of thioether (sulfide) groups is 2. The highest BCUT2D eigenvalue weighted by Gasteiger charge is 2.31. The van der Waals surface area contributed by atoms with Crippen LogP contribution in [0.1, 0.15) is 90.5 Å². The van der Waals surface area contributed by atoms with Gasteiger partial charge in [0.15, 0.2) is 0 Å². The van der Waals surface area contributed by atoms with Crippen LogP contribution in [-0.4, -0.2) is 87.1 Å². The van der Waals surface area contributed by atoms with E-state index in [0.717, 1.165) is 126 Å². The smallest absolute Gasteiger partial charge is 0.355 e. The molecule has 0 atom stereocenters.